The zero-order valence-corrected chi connectivity index (χ0v) is 18.7. The van der Waals surface area contributed by atoms with Crippen LogP contribution in [0.2, 0.25) is 0 Å². The highest BCUT2D eigenvalue weighted by atomic mass is 19.1. The Bertz CT molecular complexity index is 652. The van der Waals surface area contributed by atoms with Crippen molar-refractivity contribution in [2.75, 3.05) is 39.5 Å². The molecular weight excluding hydrogens is 381 g/mol. The summed E-state index contributed by atoms with van der Waals surface area (Å²) in [5, 5.41) is 10.5. The lowest BCUT2D eigenvalue weighted by Crippen LogP contribution is -2.52. The molecule has 170 valence electrons. The van der Waals surface area contributed by atoms with Crippen molar-refractivity contribution in [1.29, 1.82) is 0 Å². The fourth-order valence-electron chi connectivity index (χ4n) is 8.70. The van der Waals surface area contributed by atoms with Crippen molar-refractivity contribution in [3.63, 3.8) is 0 Å². The lowest BCUT2D eigenvalue weighted by molar-refractivity contribution is -0.135. The van der Waals surface area contributed by atoms with E-state index in [-0.39, 0.29) is 11.3 Å². The van der Waals surface area contributed by atoms with Crippen molar-refractivity contribution in [3.05, 3.63) is 0 Å². The zero-order valence-electron chi connectivity index (χ0n) is 18.7. The number of ketones is 1. The van der Waals surface area contributed by atoms with Gasteiger partial charge < -0.3 is 9.84 Å². The molecule has 1 N–H and O–H groups in total. The van der Waals surface area contributed by atoms with Gasteiger partial charge in [0.15, 0.2) is 0 Å². The van der Waals surface area contributed by atoms with E-state index in [1.807, 2.05) is 0 Å². The summed E-state index contributed by atoms with van der Waals surface area (Å²) in [7, 11) is 0. The number of carbonyl (C=O) groups excluding carboxylic acids is 1. The van der Waals surface area contributed by atoms with Gasteiger partial charge in [-0.15, -0.1) is 0 Å². The molecule has 5 heteroatoms. The molecule has 5 aliphatic rings. The van der Waals surface area contributed by atoms with Crippen LogP contribution in [0.5, 0.6) is 0 Å². The average molecular weight is 422 g/mol. The molecule has 30 heavy (non-hydrogen) atoms. The van der Waals surface area contributed by atoms with Gasteiger partial charge in [-0.25, -0.2) is 4.39 Å². The lowest BCUT2D eigenvalue weighted by Gasteiger charge is -2.57. The van der Waals surface area contributed by atoms with Crippen LogP contribution in [0.25, 0.3) is 0 Å². The van der Waals surface area contributed by atoms with Crippen molar-refractivity contribution in [2.24, 2.45) is 40.9 Å². The predicted octanol–water partition coefficient (Wildman–Crippen LogP) is 3.86. The van der Waals surface area contributed by atoms with E-state index in [9.17, 15) is 14.3 Å². The number of hydrogen-bond donors (Lipinski definition) is 1. The number of carbonyl (C=O) groups is 1. The van der Waals surface area contributed by atoms with E-state index < -0.39 is 12.3 Å². The summed E-state index contributed by atoms with van der Waals surface area (Å²) >= 11 is 0. The molecule has 0 radical (unpaired) electrons. The highest BCUT2D eigenvalue weighted by Gasteiger charge is 2.59. The Hall–Kier alpha value is -0.520. The fourth-order valence-corrected chi connectivity index (χ4v) is 8.70. The van der Waals surface area contributed by atoms with Gasteiger partial charge in [0.05, 0.1) is 25.4 Å². The Morgan fingerprint density at radius 1 is 1.03 bits per heavy atom. The maximum Gasteiger partial charge on any atom is 0.150 e. The van der Waals surface area contributed by atoms with Crippen molar-refractivity contribution in [2.45, 2.75) is 70.3 Å². The number of aliphatic hydroxyl groups is 1. The molecule has 4 aliphatic carbocycles. The molecule has 8 unspecified atom stereocenters. The summed E-state index contributed by atoms with van der Waals surface area (Å²) in [6.07, 6.45) is 9.35. The van der Waals surface area contributed by atoms with Crippen LogP contribution in [0.1, 0.15) is 64.7 Å². The van der Waals surface area contributed by atoms with Gasteiger partial charge in [0.1, 0.15) is 12.5 Å². The molecule has 5 fully saturated rings. The second-order valence-corrected chi connectivity index (χ2v) is 11.6. The number of Topliss-reactive ketones (excluding diaryl/α,β-unsaturated/α-hetero) is 1. The molecule has 8 atom stereocenters. The van der Waals surface area contributed by atoms with Crippen molar-refractivity contribution in [1.82, 2.24) is 4.90 Å². The van der Waals surface area contributed by atoms with Crippen LogP contribution >= 0.6 is 0 Å². The summed E-state index contributed by atoms with van der Waals surface area (Å²) < 4.78 is 18.8. The SMILES string of the molecule is CC12CCC3C4CCC(O)(CF)CC4CCC3C1CCC2C(=O)CN1CCOCC1. The molecule has 0 aromatic carbocycles. The first-order chi connectivity index (χ1) is 14.4. The van der Waals surface area contributed by atoms with Crippen LogP contribution in [-0.4, -0.2) is 60.9 Å². The van der Waals surface area contributed by atoms with Crippen molar-refractivity contribution in [3.8, 4) is 0 Å². The number of fused-ring (bicyclic) bond motifs is 5. The Morgan fingerprint density at radius 2 is 1.80 bits per heavy atom. The van der Waals surface area contributed by atoms with E-state index >= 15 is 0 Å². The smallest absolute Gasteiger partial charge is 0.150 e. The van der Waals surface area contributed by atoms with Crippen molar-refractivity contribution >= 4 is 5.78 Å². The molecule has 0 bridgehead atoms. The Labute approximate surface area is 180 Å². The van der Waals surface area contributed by atoms with Crippen LogP contribution in [0, 0.1) is 40.9 Å². The van der Waals surface area contributed by atoms with Gasteiger partial charge >= 0.3 is 0 Å². The first kappa shape index (κ1) is 21.3. The van der Waals surface area contributed by atoms with Crippen LogP contribution in [0.3, 0.4) is 0 Å². The van der Waals surface area contributed by atoms with E-state index in [1.54, 1.807) is 0 Å². The van der Waals surface area contributed by atoms with Gasteiger partial charge in [-0.05, 0) is 92.8 Å². The molecule has 0 spiro atoms. The first-order valence-corrected chi connectivity index (χ1v) is 12.5. The second-order valence-electron chi connectivity index (χ2n) is 11.6. The quantitative estimate of drug-likeness (QED) is 0.749. The maximum absolute atomic E-state index is 13.4. The van der Waals surface area contributed by atoms with Gasteiger partial charge in [0.25, 0.3) is 0 Å². The minimum Gasteiger partial charge on any atom is -0.387 e. The van der Waals surface area contributed by atoms with Crippen LogP contribution < -0.4 is 0 Å². The van der Waals surface area contributed by atoms with Gasteiger partial charge in [-0.3, -0.25) is 9.69 Å². The van der Waals surface area contributed by atoms with E-state index in [4.69, 9.17) is 4.74 Å². The van der Waals surface area contributed by atoms with Crippen LogP contribution in [0.4, 0.5) is 4.39 Å². The zero-order chi connectivity index (χ0) is 20.9. The lowest BCUT2D eigenvalue weighted by atomic mass is 9.49. The molecule has 1 saturated heterocycles. The summed E-state index contributed by atoms with van der Waals surface area (Å²) in [4.78, 5) is 15.6. The van der Waals surface area contributed by atoms with E-state index in [1.165, 1.54) is 25.7 Å². The summed E-state index contributed by atoms with van der Waals surface area (Å²) in [6.45, 7) is 5.73. The molecule has 1 aliphatic heterocycles. The highest BCUT2D eigenvalue weighted by molar-refractivity contribution is 5.84. The topological polar surface area (TPSA) is 49.8 Å². The standard InChI is InChI=1S/C25H40FNO3/c1-24-8-6-19-18-7-9-25(29,16-26)14-17(18)2-3-20(19)21(24)4-5-22(24)23(28)15-27-10-12-30-13-11-27/h17-22,29H,2-16H2,1H3. The highest BCUT2D eigenvalue weighted by Crippen LogP contribution is 2.64. The minimum absolute atomic E-state index is 0.172. The summed E-state index contributed by atoms with van der Waals surface area (Å²) in [5.74, 6) is 4.03. The molecule has 0 aromatic heterocycles. The monoisotopic (exact) mass is 421 g/mol. The number of nitrogens with zero attached hydrogens (tertiary/aromatic N) is 1. The number of halogens is 1. The molecule has 1 heterocycles. The molecule has 0 aromatic rings. The fraction of sp³-hybridized carbons (Fsp3) is 0.960. The molecular formula is C25H40FNO3. The summed E-state index contributed by atoms with van der Waals surface area (Å²) in [6, 6.07) is 0. The van der Waals surface area contributed by atoms with Gasteiger partial charge in [-0.1, -0.05) is 6.92 Å². The van der Waals surface area contributed by atoms with E-state index in [2.05, 4.69) is 11.8 Å². The Morgan fingerprint density at radius 3 is 2.57 bits per heavy atom. The normalized spacial score (nSPS) is 49.2. The van der Waals surface area contributed by atoms with Gasteiger partial charge in [0.2, 0.25) is 0 Å². The third-order valence-electron chi connectivity index (χ3n) is 10.2. The number of alkyl halides is 1. The molecule has 0 amide bonds. The first-order valence-electron chi connectivity index (χ1n) is 12.5. The average Bonchev–Trinajstić information content (AvgIpc) is 3.11. The largest absolute Gasteiger partial charge is 0.387 e. The Balaban J connectivity index is 1.27. The van der Waals surface area contributed by atoms with E-state index in [0.29, 0.717) is 42.9 Å². The number of rotatable bonds is 4. The predicted molar refractivity (Wildman–Crippen MR) is 114 cm³/mol. The maximum atomic E-state index is 13.4. The van der Waals surface area contributed by atoms with Crippen molar-refractivity contribution < 1.29 is 19.0 Å². The summed E-state index contributed by atoms with van der Waals surface area (Å²) in [5.41, 5.74) is -0.882. The Kier molecular flexibility index (Phi) is 5.77. The molecule has 4 nitrogen and oxygen atoms in total. The third kappa shape index (κ3) is 3.57. The number of ether oxygens (including phenoxy) is 1. The van der Waals surface area contributed by atoms with Gasteiger partial charge in [0, 0.05) is 19.0 Å². The second kappa shape index (κ2) is 8.12. The van der Waals surface area contributed by atoms with Crippen LogP contribution in [0.15, 0.2) is 0 Å². The number of hydrogen-bond acceptors (Lipinski definition) is 4. The minimum atomic E-state index is -1.05. The van der Waals surface area contributed by atoms with Crippen LogP contribution in [-0.2, 0) is 9.53 Å². The molecule has 4 saturated carbocycles. The third-order valence-corrected chi connectivity index (χ3v) is 10.2. The van der Waals surface area contributed by atoms with Gasteiger partial charge in [-0.2, -0.15) is 0 Å². The number of morpholine rings is 1. The molecule has 5 rings (SSSR count). The van der Waals surface area contributed by atoms with E-state index in [0.717, 1.165) is 57.4 Å².